The van der Waals surface area contributed by atoms with Crippen molar-refractivity contribution in [2.24, 2.45) is 0 Å². The lowest BCUT2D eigenvalue weighted by Crippen LogP contribution is -2.50. The van der Waals surface area contributed by atoms with Crippen molar-refractivity contribution in [2.75, 3.05) is 13.2 Å². The monoisotopic (exact) mass is 614 g/mol. The molecule has 7 heteroatoms. The van der Waals surface area contributed by atoms with Crippen molar-refractivity contribution in [2.45, 2.75) is 205 Å². The lowest BCUT2D eigenvalue weighted by molar-refractivity contribution is -0.141. The average molecular weight is 614 g/mol. The summed E-state index contributed by atoms with van der Waals surface area (Å²) in [5, 5.41) is 33.3. The fourth-order valence-corrected chi connectivity index (χ4v) is 5.70. The van der Waals surface area contributed by atoms with Crippen molar-refractivity contribution in [3.05, 3.63) is 0 Å². The second kappa shape index (κ2) is 32.2. The molecule has 0 aromatic carbocycles. The maximum Gasteiger partial charge on any atom is 0.302 e. The molecule has 0 spiro atoms. The lowest BCUT2D eigenvalue weighted by Gasteiger charge is -2.26. The van der Waals surface area contributed by atoms with Gasteiger partial charge in [-0.2, -0.15) is 0 Å². The van der Waals surface area contributed by atoms with Crippen LogP contribution in [0.2, 0.25) is 0 Å². The first-order valence-electron chi connectivity index (χ1n) is 18.3. The van der Waals surface area contributed by atoms with Gasteiger partial charge in [-0.1, -0.05) is 155 Å². The first kappa shape index (κ1) is 41.8. The zero-order valence-electron chi connectivity index (χ0n) is 28.3. The summed E-state index contributed by atoms with van der Waals surface area (Å²) in [6.45, 7) is 3.88. The predicted molar refractivity (Wildman–Crippen MR) is 178 cm³/mol. The van der Waals surface area contributed by atoms with Crippen LogP contribution in [0.5, 0.6) is 0 Å². The molecule has 0 heterocycles. The highest BCUT2D eigenvalue weighted by Gasteiger charge is 2.26. The Morgan fingerprint density at radius 3 is 1.42 bits per heavy atom. The number of hydrogen-bond acceptors (Lipinski definition) is 6. The van der Waals surface area contributed by atoms with E-state index in [1.165, 1.54) is 116 Å². The van der Waals surface area contributed by atoms with E-state index < -0.39 is 18.2 Å². The molecular weight excluding hydrogens is 542 g/mol. The number of nitrogens with one attached hydrogen (secondary N) is 1. The van der Waals surface area contributed by atoms with Gasteiger partial charge in [-0.15, -0.1) is 0 Å². The molecule has 0 aliphatic heterocycles. The van der Waals surface area contributed by atoms with Gasteiger partial charge in [0.2, 0.25) is 5.91 Å². The van der Waals surface area contributed by atoms with Crippen molar-refractivity contribution in [3.63, 3.8) is 0 Å². The zero-order chi connectivity index (χ0) is 31.8. The van der Waals surface area contributed by atoms with Gasteiger partial charge in [-0.05, 0) is 19.3 Å². The molecule has 256 valence electrons. The molecule has 0 rings (SSSR count). The van der Waals surface area contributed by atoms with E-state index in [1.807, 2.05) is 0 Å². The number of unbranched alkanes of at least 4 members (excludes halogenated alkanes) is 23. The minimum Gasteiger partial charge on any atom is -0.466 e. The van der Waals surface area contributed by atoms with Crippen LogP contribution in [0.3, 0.4) is 0 Å². The molecule has 1 amide bonds. The van der Waals surface area contributed by atoms with Gasteiger partial charge in [0.25, 0.3) is 0 Å². The SMILES string of the molecule is CCCCCCCCCCCCCCC(O)C(O)C(CO)NC(=O)CCCCCCCCCCCCCCCOC(C)=O. The molecule has 0 saturated heterocycles. The summed E-state index contributed by atoms with van der Waals surface area (Å²) in [5.74, 6) is -0.355. The number of carbonyl (C=O) groups excluding carboxylic acids is 2. The lowest BCUT2D eigenvalue weighted by atomic mass is 9.99. The number of aliphatic hydroxyl groups is 3. The van der Waals surface area contributed by atoms with Crippen molar-refractivity contribution in [3.8, 4) is 0 Å². The molecule has 0 aromatic rings. The van der Waals surface area contributed by atoms with Crippen LogP contribution in [-0.2, 0) is 14.3 Å². The highest BCUT2D eigenvalue weighted by molar-refractivity contribution is 5.76. The van der Waals surface area contributed by atoms with E-state index in [0.29, 0.717) is 19.4 Å². The van der Waals surface area contributed by atoms with Crippen molar-refractivity contribution < 1.29 is 29.6 Å². The fraction of sp³-hybridized carbons (Fsp3) is 0.944. The normalized spacial score (nSPS) is 13.5. The zero-order valence-corrected chi connectivity index (χ0v) is 28.3. The Balaban J connectivity index is 3.64. The van der Waals surface area contributed by atoms with E-state index in [0.717, 1.165) is 51.4 Å². The summed E-state index contributed by atoms with van der Waals surface area (Å²) in [5.41, 5.74) is 0. The van der Waals surface area contributed by atoms with Crippen molar-refractivity contribution >= 4 is 11.9 Å². The van der Waals surface area contributed by atoms with Gasteiger partial charge in [-0.3, -0.25) is 9.59 Å². The summed E-state index contributed by atoms with van der Waals surface area (Å²) in [6.07, 6.45) is 28.8. The van der Waals surface area contributed by atoms with Gasteiger partial charge in [0.15, 0.2) is 0 Å². The molecule has 0 saturated carbocycles. The van der Waals surface area contributed by atoms with E-state index in [4.69, 9.17) is 4.74 Å². The highest BCUT2D eigenvalue weighted by Crippen LogP contribution is 2.16. The Hall–Kier alpha value is -1.18. The number of amides is 1. The number of carbonyl (C=O) groups is 2. The van der Waals surface area contributed by atoms with Crippen LogP contribution < -0.4 is 5.32 Å². The second-order valence-corrected chi connectivity index (χ2v) is 12.8. The maximum atomic E-state index is 12.3. The van der Waals surface area contributed by atoms with E-state index in [9.17, 15) is 24.9 Å². The minimum absolute atomic E-state index is 0.165. The number of rotatable bonds is 33. The van der Waals surface area contributed by atoms with Gasteiger partial charge in [0.1, 0.15) is 6.10 Å². The molecule has 0 aromatic heterocycles. The number of esters is 1. The van der Waals surface area contributed by atoms with Gasteiger partial charge in [0, 0.05) is 13.3 Å². The third-order valence-corrected chi connectivity index (χ3v) is 8.56. The molecule has 0 bridgehead atoms. The summed E-state index contributed by atoms with van der Waals surface area (Å²) >= 11 is 0. The Kier molecular flexibility index (Phi) is 31.3. The number of aliphatic hydroxyl groups excluding tert-OH is 3. The van der Waals surface area contributed by atoms with Crippen LogP contribution in [-0.4, -0.2) is 58.7 Å². The Labute approximate surface area is 265 Å². The van der Waals surface area contributed by atoms with E-state index >= 15 is 0 Å². The largest absolute Gasteiger partial charge is 0.466 e. The topological polar surface area (TPSA) is 116 Å². The van der Waals surface area contributed by atoms with Crippen LogP contribution in [0, 0.1) is 0 Å². The standard InChI is InChI=1S/C36H71NO6/c1-3-4-5-6-7-8-9-13-16-19-22-25-28-34(40)36(42)33(31-38)37-35(41)29-26-23-20-17-14-11-10-12-15-18-21-24-27-30-43-32(2)39/h33-34,36,38,40,42H,3-31H2,1-2H3,(H,37,41). The van der Waals surface area contributed by atoms with Gasteiger partial charge < -0.3 is 25.4 Å². The quantitative estimate of drug-likeness (QED) is 0.0437. The van der Waals surface area contributed by atoms with Gasteiger partial charge in [0.05, 0.1) is 25.4 Å². The molecule has 0 fully saturated rings. The molecule has 7 nitrogen and oxygen atoms in total. The molecule has 0 aliphatic rings. The molecule has 0 aliphatic carbocycles. The Morgan fingerprint density at radius 1 is 0.605 bits per heavy atom. The Morgan fingerprint density at radius 2 is 1.00 bits per heavy atom. The van der Waals surface area contributed by atoms with Gasteiger partial charge in [-0.25, -0.2) is 0 Å². The third-order valence-electron chi connectivity index (χ3n) is 8.56. The highest BCUT2D eigenvalue weighted by atomic mass is 16.5. The summed E-state index contributed by atoms with van der Waals surface area (Å²) in [7, 11) is 0. The summed E-state index contributed by atoms with van der Waals surface area (Å²) in [4.78, 5) is 23.0. The van der Waals surface area contributed by atoms with E-state index in [-0.39, 0.29) is 18.5 Å². The predicted octanol–water partition coefficient (Wildman–Crippen LogP) is 8.30. The minimum atomic E-state index is -1.14. The second-order valence-electron chi connectivity index (χ2n) is 12.8. The van der Waals surface area contributed by atoms with Crippen LogP contribution in [0.25, 0.3) is 0 Å². The van der Waals surface area contributed by atoms with Crippen LogP contribution in [0.4, 0.5) is 0 Å². The van der Waals surface area contributed by atoms with Crippen molar-refractivity contribution in [1.29, 1.82) is 0 Å². The Bertz CT molecular complexity index is 617. The summed E-state index contributed by atoms with van der Waals surface area (Å²) in [6, 6.07) is -0.819. The first-order chi connectivity index (χ1) is 20.9. The third kappa shape index (κ3) is 29.3. The molecule has 3 atom stereocenters. The number of ether oxygens (including phenoxy) is 1. The fourth-order valence-electron chi connectivity index (χ4n) is 5.70. The van der Waals surface area contributed by atoms with Crippen LogP contribution in [0.15, 0.2) is 0 Å². The number of hydrogen-bond donors (Lipinski definition) is 4. The molecular formula is C36H71NO6. The van der Waals surface area contributed by atoms with Gasteiger partial charge >= 0.3 is 5.97 Å². The smallest absolute Gasteiger partial charge is 0.302 e. The molecule has 3 unspecified atom stereocenters. The first-order valence-corrected chi connectivity index (χ1v) is 18.3. The van der Waals surface area contributed by atoms with Crippen LogP contribution >= 0.6 is 0 Å². The van der Waals surface area contributed by atoms with E-state index in [1.54, 1.807) is 0 Å². The maximum absolute atomic E-state index is 12.3. The molecule has 4 N–H and O–H groups in total. The summed E-state index contributed by atoms with van der Waals surface area (Å²) < 4.78 is 4.94. The van der Waals surface area contributed by atoms with E-state index in [2.05, 4.69) is 12.2 Å². The molecule has 43 heavy (non-hydrogen) atoms. The molecule has 0 radical (unpaired) electrons. The average Bonchev–Trinajstić information content (AvgIpc) is 2.99. The van der Waals surface area contributed by atoms with Crippen molar-refractivity contribution in [1.82, 2.24) is 5.32 Å². The van der Waals surface area contributed by atoms with Crippen LogP contribution in [0.1, 0.15) is 187 Å².